The Morgan fingerprint density at radius 3 is 3.05 bits per heavy atom. The zero-order valence-corrected chi connectivity index (χ0v) is 13.2. The molecule has 1 aromatic heterocycles. The van der Waals surface area contributed by atoms with Crippen LogP contribution in [0.1, 0.15) is 47.2 Å². The highest BCUT2D eigenvalue weighted by molar-refractivity contribution is 9.10. The van der Waals surface area contributed by atoms with Crippen molar-refractivity contribution in [1.29, 1.82) is 0 Å². The van der Waals surface area contributed by atoms with E-state index in [0.717, 1.165) is 29.0 Å². The maximum atomic E-state index is 11.9. The predicted molar refractivity (Wildman–Crippen MR) is 83.2 cm³/mol. The first-order valence-electron chi connectivity index (χ1n) is 7.17. The SMILES string of the molecule is O=C(NCCCc1nc(C2CC2)n[nH]1)c1cccc(Br)c1. The van der Waals surface area contributed by atoms with Crippen LogP contribution in [0.5, 0.6) is 0 Å². The summed E-state index contributed by atoms with van der Waals surface area (Å²) in [4.78, 5) is 16.4. The summed E-state index contributed by atoms with van der Waals surface area (Å²) < 4.78 is 0.907. The van der Waals surface area contributed by atoms with Crippen molar-refractivity contribution < 1.29 is 4.79 Å². The first-order valence-corrected chi connectivity index (χ1v) is 7.96. The summed E-state index contributed by atoms with van der Waals surface area (Å²) in [5, 5.41) is 10.1. The highest BCUT2D eigenvalue weighted by atomic mass is 79.9. The second-order valence-corrected chi connectivity index (χ2v) is 6.20. The Labute approximate surface area is 131 Å². The molecule has 0 unspecified atom stereocenters. The molecule has 110 valence electrons. The number of carbonyl (C=O) groups is 1. The fraction of sp³-hybridized carbons (Fsp3) is 0.400. The van der Waals surface area contributed by atoms with Gasteiger partial charge < -0.3 is 5.32 Å². The fourth-order valence-electron chi connectivity index (χ4n) is 2.14. The van der Waals surface area contributed by atoms with Gasteiger partial charge in [0.25, 0.3) is 5.91 Å². The quantitative estimate of drug-likeness (QED) is 0.788. The van der Waals surface area contributed by atoms with Crippen LogP contribution in [-0.4, -0.2) is 27.6 Å². The van der Waals surface area contributed by atoms with E-state index in [2.05, 4.69) is 36.4 Å². The maximum absolute atomic E-state index is 11.9. The summed E-state index contributed by atoms with van der Waals surface area (Å²) in [6.07, 6.45) is 4.07. The Kier molecular flexibility index (Phi) is 4.34. The molecule has 1 fully saturated rings. The molecular weight excluding hydrogens is 332 g/mol. The van der Waals surface area contributed by atoms with Gasteiger partial charge in [-0.2, -0.15) is 5.10 Å². The number of aromatic nitrogens is 3. The van der Waals surface area contributed by atoms with E-state index in [1.807, 2.05) is 18.2 Å². The minimum absolute atomic E-state index is 0.0486. The molecule has 21 heavy (non-hydrogen) atoms. The lowest BCUT2D eigenvalue weighted by Crippen LogP contribution is -2.24. The molecule has 1 aliphatic rings. The summed E-state index contributed by atoms with van der Waals surface area (Å²) in [5.74, 6) is 2.38. The standard InChI is InChI=1S/C15H17BrN4O/c16-12-4-1-3-11(9-12)15(21)17-8-2-5-13-18-14(20-19-13)10-6-7-10/h1,3-4,9-10H,2,5-8H2,(H,17,21)(H,18,19,20). The van der Waals surface area contributed by atoms with Crippen LogP contribution in [0.3, 0.4) is 0 Å². The third-order valence-corrected chi connectivity index (χ3v) is 3.95. The Bertz CT molecular complexity index is 636. The topological polar surface area (TPSA) is 70.7 Å². The van der Waals surface area contributed by atoms with Gasteiger partial charge in [-0.05, 0) is 37.5 Å². The maximum Gasteiger partial charge on any atom is 0.251 e. The van der Waals surface area contributed by atoms with Crippen molar-refractivity contribution in [3.8, 4) is 0 Å². The van der Waals surface area contributed by atoms with Gasteiger partial charge >= 0.3 is 0 Å². The number of hydrogen-bond donors (Lipinski definition) is 2. The minimum Gasteiger partial charge on any atom is -0.352 e. The number of aryl methyl sites for hydroxylation is 1. The van der Waals surface area contributed by atoms with E-state index in [0.29, 0.717) is 18.0 Å². The second-order valence-electron chi connectivity index (χ2n) is 5.28. The van der Waals surface area contributed by atoms with Crippen LogP contribution in [0.4, 0.5) is 0 Å². The third-order valence-electron chi connectivity index (χ3n) is 3.45. The number of nitrogens with zero attached hydrogens (tertiary/aromatic N) is 2. The van der Waals surface area contributed by atoms with E-state index in [4.69, 9.17) is 0 Å². The van der Waals surface area contributed by atoms with Gasteiger partial charge in [0.1, 0.15) is 5.82 Å². The van der Waals surface area contributed by atoms with E-state index < -0.39 is 0 Å². The van der Waals surface area contributed by atoms with Crippen molar-refractivity contribution in [3.63, 3.8) is 0 Å². The van der Waals surface area contributed by atoms with Gasteiger partial charge in [-0.25, -0.2) is 4.98 Å². The largest absolute Gasteiger partial charge is 0.352 e. The number of halogens is 1. The Hall–Kier alpha value is -1.69. The molecule has 0 bridgehead atoms. The van der Waals surface area contributed by atoms with E-state index in [1.54, 1.807) is 6.07 Å². The number of carbonyl (C=O) groups excluding carboxylic acids is 1. The Morgan fingerprint density at radius 1 is 1.43 bits per heavy atom. The van der Waals surface area contributed by atoms with Crippen molar-refractivity contribution in [3.05, 3.63) is 46.0 Å². The summed E-state index contributed by atoms with van der Waals surface area (Å²) in [6.45, 7) is 0.630. The van der Waals surface area contributed by atoms with Crippen molar-refractivity contribution >= 4 is 21.8 Å². The molecule has 1 aromatic carbocycles. The highest BCUT2D eigenvalue weighted by Crippen LogP contribution is 2.37. The number of rotatable bonds is 6. The molecule has 1 heterocycles. The molecule has 6 heteroatoms. The first-order chi connectivity index (χ1) is 10.2. The summed E-state index contributed by atoms with van der Waals surface area (Å²) in [7, 11) is 0. The Balaban J connectivity index is 1.42. The average molecular weight is 349 g/mol. The number of amides is 1. The molecule has 1 aliphatic carbocycles. The molecule has 1 amide bonds. The van der Waals surface area contributed by atoms with Crippen molar-refractivity contribution in [2.24, 2.45) is 0 Å². The molecular formula is C15H17BrN4O. The number of H-pyrrole nitrogens is 1. The predicted octanol–water partition coefficient (Wildman–Crippen LogP) is 2.81. The van der Waals surface area contributed by atoms with E-state index in [9.17, 15) is 4.79 Å². The van der Waals surface area contributed by atoms with E-state index >= 15 is 0 Å². The lowest BCUT2D eigenvalue weighted by molar-refractivity contribution is 0.0953. The van der Waals surface area contributed by atoms with Crippen molar-refractivity contribution in [2.75, 3.05) is 6.54 Å². The van der Waals surface area contributed by atoms with Gasteiger partial charge in [0.05, 0.1) is 0 Å². The molecule has 2 aromatic rings. The minimum atomic E-state index is -0.0486. The highest BCUT2D eigenvalue weighted by Gasteiger charge is 2.27. The number of hydrogen-bond acceptors (Lipinski definition) is 3. The molecule has 0 saturated heterocycles. The molecule has 1 saturated carbocycles. The summed E-state index contributed by atoms with van der Waals surface area (Å²) in [6, 6.07) is 7.37. The van der Waals surface area contributed by atoms with Gasteiger partial charge in [-0.15, -0.1) is 0 Å². The van der Waals surface area contributed by atoms with Crippen LogP contribution in [0, 0.1) is 0 Å². The number of aromatic amines is 1. The second kappa shape index (κ2) is 6.39. The van der Waals surface area contributed by atoms with Gasteiger partial charge in [0, 0.05) is 28.9 Å². The lowest BCUT2D eigenvalue weighted by atomic mass is 10.2. The number of benzene rings is 1. The molecule has 5 nitrogen and oxygen atoms in total. The van der Waals surface area contributed by atoms with Crippen LogP contribution >= 0.6 is 15.9 Å². The van der Waals surface area contributed by atoms with Crippen LogP contribution in [-0.2, 0) is 6.42 Å². The van der Waals surface area contributed by atoms with Crippen molar-refractivity contribution in [1.82, 2.24) is 20.5 Å². The fourth-order valence-corrected chi connectivity index (χ4v) is 2.53. The number of nitrogens with one attached hydrogen (secondary N) is 2. The monoisotopic (exact) mass is 348 g/mol. The van der Waals surface area contributed by atoms with E-state index in [1.165, 1.54) is 12.8 Å². The molecule has 0 aliphatic heterocycles. The van der Waals surface area contributed by atoms with Gasteiger partial charge in [-0.1, -0.05) is 22.0 Å². The third kappa shape index (κ3) is 3.91. The van der Waals surface area contributed by atoms with Crippen LogP contribution in [0.15, 0.2) is 28.7 Å². The molecule has 3 rings (SSSR count). The van der Waals surface area contributed by atoms with Gasteiger partial charge in [0.15, 0.2) is 5.82 Å². The van der Waals surface area contributed by atoms with Crippen LogP contribution in [0.2, 0.25) is 0 Å². The van der Waals surface area contributed by atoms with Crippen LogP contribution < -0.4 is 5.32 Å². The van der Waals surface area contributed by atoms with Crippen molar-refractivity contribution in [2.45, 2.75) is 31.6 Å². The normalized spacial score (nSPS) is 14.1. The molecule has 2 N–H and O–H groups in total. The van der Waals surface area contributed by atoms with Gasteiger partial charge in [0.2, 0.25) is 0 Å². The average Bonchev–Trinajstić information content (AvgIpc) is 3.23. The zero-order chi connectivity index (χ0) is 14.7. The smallest absolute Gasteiger partial charge is 0.251 e. The first kappa shape index (κ1) is 14.3. The molecule has 0 spiro atoms. The van der Waals surface area contributed by atoms with Crippen LogP contribution in [0.25, 0.3) is 0 Å². The lowest BCUT2D eigenvalue weighted by Gasteiger charge is -2.04. The summed E-state index contributed by atoms with van der Waals surface area (Å²) in [5.41, 5.74) is 0.667. The van der Waals surface area contributed by atoms with E-state index in [-0.39, 0.29) is 5.91 Å². The Morgan fingerprint density at radius 2 is 2.29 bits per heavy atom. The molecule has 0 radical (unpaired) electrons. The molecule has 0 atom stereocenters. The zero-order valence-electron chi connectivity index (χ0n) is 11.6. The van der Waals surface area contributed by atoms with Gasteiger partial charge in [-0.3, -0.25) is 9.89 Å². The summed E-state index contributed by atoms with van der Waals surface area (Å²) >= 11 is 3.36.